The number of aliphatic hydroxyl groups is 1. The van der Waals surface area contributed by atoms with Crippen LogP contribution in [0.4, 0.5) is 0 Å². The average Bonchev–Trinajstić information content (AvgIpc) is 2.28. The van der Waals surface area contributed by atoms with Gasteiger partial charge in [0.05, 0.1) is 0 Å². The van der Waals surface area contributed by atoms with Crippen molar-refractivity contribution in [2.45, 2.75) is 6.10 Å². The zero-order valence-electron chi connectivity index (χ0n) is 8.94. The van der Waals surface area contributed by atoms with Gasteiger partial charge in [-0.2, -0.15) is 0 Å². The van der Waals surface area contributed by atoms with Crippen molar-refractivity contribution in [3.63, 3.8) is 0 Å². The summed E-state index contributed by atoms with van der Waals surface area (Å²) in [4.78, 5) is 4.52. The second-order valence-corrected chi connectivity index (χ2v) is 3.08. The Bertz CT molecular complexity index is 329. The monoisotopic (exact) mass is 226 g/mol. The Kier molecular flexibility index (Phi) is 5.07. The summed E-state index contributed by atoms with van der Waals surface area (Å²) in [7, 11) is 1.26. The lowest BCUT2D eigenvalue weighted by molar-refractivity contribution is -0.565. The lowest BCUT2D eigenvalue weighted by atomic mass is 10.3. The molecular formula is C10H14N2O4. The predicted molar refractivity (Wildman–Crippen MR) is 55.9 cm³/mol. The van der Waals surface area contributed by atoms with Crippen LogP contribution in [-0.4, -0.2) is 36.3 Å². The van der Waals surface area contributed by atoms with Gasteiger partial charge in [-0.25, -0.2) is 0 Å². The van der Waals surface area contributed by atoms with Gasteiger partial charge in [-0.15, -0.1) is 0 Å². The van der Waals surface area contributed by atoms with E-state index in [1.807, 2.05) is 18.2 Å². The van der Waals surface area contributed by atoms with E-state index < -0.39 is 6.10 Å². The molecule has 1 aromatic rings. The molecule has 1 aromatic carbocycles. The molecule has 16 heavy (non-hydrogen) atoms. The number of hydrogen-bond donors (Lipinski definition) is 1. The minimum Gasteiger partial charge on any atom is -0.597 e. The summed E-state index contributed by atoms with van der Waals surface area (Å²) in [5.74, 6) is 0.641. The molecule has 0 fully saturated rings. The molecule has 0 bridgehead atoms. The molecule has 0 heterocycles. The van der Waals surface area contributed by atoms with Crippen molar-refractivity contribution in [2.75, 3.05) is 20.3 Å². The van der Waals surface area contributed by atoms with Crippen molar-refractivity contribution in [3.05, 3.63) is 35.5 Å². The van der Waals surface area contributed by atoms with E-state index in [9.17, 15) is 10.3 Å². The molecule has 0 saturated carbocycles. The third-order valence-electron chi connectivity index (χ3n) is 1.73. The molecule has 0 spiro atoms. The Morgan fingerprint density at radius 1 is 1.44 bits per heavy atom. The number of hydroxylamine groups is 1. The fraction of sp³-hybridized carbons (Fsp3) is 0.400. The van der Waals surface area contributed by atoms with Gasteiger partial charge in [-0.05, 0) is 12.1 Å². The molecule has 1 unspecified atom stereocenters. The van der Waals surface area contributed by atoms with Gasteiger partial charge in [0.15, 0.2) is 11.4 Å². The van der Waals surface area contributed by atoms with E-state index in [2.05, 4.69) is 10.1 Å². The van der Waals surface area contributed by atoms with Crippen LogP contribution in [0, 0.1) is 5.21 Å². The van der Waals surface area contributed by atoms with Gasteiger partial charge in [-0.1, -0.05) is 23.1 Å². The number of hydrogen-bond acceptors (Lipinski definition) is 5. The predicted octanol–water partition coefficient (Wildman–Crippen LogP) is 0.950. The third kappa shape index (κ3) is 4.61. The van der Waals surface area contributed by atoms with Crippen LogP contribution in [0.5, 0.6) is 5.75 Å². The molecular weight excluding hydrogens is 212 g/mol. The van der Waals surface area contributed by atoms with Crippen LogP contribution in [0.15, 0.2) is 35.6 Å². The van der Waals surface area contributed by atoms with Gasteiger partial charge in [-0.3, -0.25) is 0 Å². The highest BCUT2D eigenvalue weighted by Crippen LogP contribution is 2.08. The van der Waals surface area contributed by atoms with Crippen LogP contribution < -0.4 is 4.74 Å². The molecule has 0 amide bonds. The summed E-state index contributed by atoms with van der Waals surface area (Å²) in [6.45, 7) is -0.164. The second-order valence-electron chi connectivity index (χ2n) is 3.08. The van der Waals surface area contributed by atoms with E-state index >= 15 is 0 Å². The van der Waals surface area contributed by atoms with Gasteiger partial charge < -0.3 is 19.9 Å². The highest BCUT2D eigenvalue weighted by molar-refractivity contribution is 5.20. The molecule has 1 rings (SSSR count). The molecule has 0 radical (unpaired) electrons. The van der Waals surface area contributed by atoms with Crippen LogP contribution in [0.2, 0.25) is 0 Å². The summed E-state index contributed by atoms with van der Waals surface area (Å²) in [5.41, 5.74) is 0. The standard InChI is InChI=1S/C10H14N2O4/c1-15-11-12(14)7-9(13)8-16-10-5-3-2-4-6-10/h2-6,9,13H,7-8H2,1H3/b12-11-. The van der Waals surface area contributed by atoms with Crippen LogP contribution in [-0.2, 0) is 4.84 Å². The highest BCUT2D eigenvalue weighted by Gasteiger charge is 2.11. The van der Waals surface area contributed by atoms with Crippen molar-refractivity contribution >= 4 is 0 Å². The number of ether oxygens (including phenoxy) is 1. The molecule has 0 aromatic heterocycles. The third-order valence-corrected chi connectivity index (χ3v) is 1.73. The Labute approximate surface area is 93.3 Å². The average molecular weight is 226 g/mol. The van der Waals surface area contributed by atoms with Crippen LogP contribution in [0.1, 0.15) is 0 Å². The van der Waals surface area contributed by atoms with Gasteiger partial charge in [0.2, 0.25) is 6.54 Å². The van der Waals surface area contributed by atoms with Crippen molar-refractivity contribution in [1.29, 1.82) is 0 Å². The Balaban J connectivity index is 2.30. The summed E-state index contributed by atoms with van der Waals surface area (Å²) in [6, 6.07) is 9.03. The van der Waals surface area contributed by atoms with Crippen molar-refractivity contribution in [1.82, 2.24) is 0 Å². The van der Waals surface area contributed by atoms with E-state index in [0.717, 1.165) is 0 Å². The maximum atomic E-state index is 10.9. The molecule has 6 heteroatoms. The van der Waals surface area contributed by atoms with Gasteiger partial charge >= 0.3 is 0 Å². The largest absolute Gasteiger partial charge is 0.597 e. The smallest absolute Gasteiger partial charge is 0.213 e. The summed E-state index contributed by atoms with van der Waals surface area (Å²) < 4.78 is 5.25. The Hall–Kier alpha value is -1.82. The SMILES string of the molecule is CO/N=[N+](\[O-])CC(O)COc1ccccc1. The number of para-hydroxylation sites is 1. The lowest BCUT2D eigenvalue weighted by Crippen LogP contribution is -2.26. The fourth-order valence-electron chi connectivity index (χ4n) is 1.07. The summed E-state index contributed by atoms with van der Waals surface area (Å²) >= 11 is 0. The normalized spacial score (nSPS) is 13.2. The first kappa shape index (κ1) is 12.3. The van der Waals surface area contributed by atoms with E-state index in [-0.39, 0.29) is 18.0 Å². The fourth-order valence-corrected chi connectivity index (χ4v) is 1.07. The molecule has 1 atom stereocenters. The van der Waals surface area contributed by atoms with E-state index in [0.29, 0.717) is 5.75 Å². The molecule has 1 N–H and O–H groups in total. The topological polar surface area (TPSA) is 77.1 Å². The molecule has 0 saturated heterocycles. The maximum Gasteiger partial charge on any atom is 0.213 e. The van der Waals surface area contributed by atoms with Gasteiger partial charge in [0.1, 0.15) is 19.5 Å². The maximum absolute atomic E-state index is 10.9. The minimum absolute atomic E-state index is 0.0297. The highest BCUT2D eigenvalue weighted by atomic mass is 16.7. The first-order valence-electron chi connectivity index (χ1n) is 4.77. The minimum atomic E-state index is -0.920. The van der Waals surface area contributed by atoms with Gasteiger partial charge in [0, 0.05) is 0 Å². The van der Waals surface area contributed by atoms with E-state index in [1.165, 1.54) is 7.11 Å². The number of aliphatic hydroxyl groups excluding tert-OH is 1. The number of rotatable bonds is 6. The molecule has 0 aliphatic carbocycles. The quantitative estimate of drug-likeness (QED) is 0.445. The van der Waals surface area contributed by atoms with Crippen molar-refractivity contribution in [3.8, 4) is 5.75 Å². The number of benzene rings is 1. The first-order valence-corrected chi connectivity index (χ1v) is 4.77. The summed E-state index contributed by atoms with van der Waals surface area (Å²) in [6.07, 6.45) is -0.920. The van der Waals surface area contributed by atoms with Gasteiger partial charge in [0.25, 0.3) is 0 Å². The first-order chi connectivity index (χ1) is 7.72. The number of nitrogens with zero attached hydrogens (tertiary/aromatic N) is 2. The Morgan fingerprint density at radius 3 is 2.75 bits per heavy atom. The Morgan fingerprint density at radius 2 is 2.12 bits per heavy atom. The summed E-state index contributed by atoms with van der Waals surface area (Å²) in [5, 5.41) is 23.4. The van der Waals surface area contributed by atoms with E-state index in [1.54, 1.807) is 12.1 Å². The van der Waals surface area contributed by atoms with Crippen LogP contribution in [0.3, 0.4) is 0 Å². The molecule has 0 aliphatic rings. The van der Waals surface area contributed by atoms with Crippen molar-refractivity contribution < 1.29 is 19.5 Å². The zero-order valence-corrected chi connectivity index (χ0v) is 8.94. The van der Waals surface area contributed by atoms with Crippen LogP contribution >= 0.6 is 0 Å². The van der Waals surface area contributed by atoms with Crippen molar-refractivity contribution in [2.24, 2.45) is 5.28 Å². The van der Waals surface area contributed by atoms with Crippen LogP contribution in [0.25, 0.3) is 0 Å². The molecule has 6 nitrogen and oxygen atoms in total. The van der Waals surface area contributed by atoms with E-state index in [4.69, 9.17) is 4.74 Å². The lowest BCUT2D eigenvalue weighted by Gasteiger charge is -2.10. The molecule has 88 valence electrons. The molecule has 0 aliphatic heterocycles. The zero-order chi connectivity index (χ0) is 11.8. The second kappa shape index (κ2) is 6.62.